The molecule has 11 heteroatoms. The van der Waals surface area contributed by atoms with Gasteiger partial charge in [0, 0.05) is 24.0 Å². The fraction of sp³-hybridized carbons (Fsp3) is 0.500. The summed E-state index contributed by atoms with van der Waals surface area (Å²) < 4.78 is 43.0. The molecule has 3 N–H and O–H groups in total. The molecular weight excluding hydrogens is 449 g/mol. The summed E-state index contributed by atoms with van der Waals surface area (Å²) in [7, 11) is 0.0443. The van der Waals surface area contributed by atoms with E-state index in [1.807, 2.05) is 0 Å². The minimum absolute atomic E-state index is 0.107. The topological polar surface area (TPSA) is 125 Å². The largest absolute Gasteiger partial charge is 0.483 e. The summed E-state index contributed by atoms with van der Waals surface area (Å²) in [6.45, 7) is -0.250. The number of likely N-dealkylation sites (N-methyl/N-ethyl adjacent to an activating group) is 1. The van der Waals surface area contributed by atoms with Gasteiger partial charge in [-0.3, -0.25) is 9.52 Å². The van der Waals surface area contributed by atoms with Crippen LogP contribution in [0.1, 0.15) is 50.0 Å². The number of hydrogen-bond donors (Lipinski definition) is 3. The molecule has 9 nitrogen and oxygen atoms in total. The third-order valence-electron chi connectivity index (χ3n) is 5.97. The highest BCUT2D eigenvalue weighted by molar-refractivity contribution is 7.92. The molecule has 2 fully saturated rings. The molecule has 0 aliphatic heterocycles. The molecule has 0 bridgehead atoms. The van der Waals surface area contributed by atoms with Gasteiger partial charge in [0.05, 0.1) is 0 Å². The first-order chi connectivity index (χ1) is 15.8. The monoisotopic (exact) mass is 479 g/mol. The Hall–Kier alpha value is -2.79. The molecule has 180 valence electrons. The zero-order valence-corrected chi connectivity index (χ0v) is 19.6. The van der Waals surface area contributed by atoms with Gasteiger partial charge in [0.15, 0.2) is 0 Å². The predicted octanol–water partition coefficient (Wildman–Crippen LogP) is 3.28. The molecule has 2 aliphatic carbocycles. The van der Waals surface area contributed by atoms with Crippen molar-refractivity contribution in [1.82, 2.24) is 14.9 Å². The first-order valence-corrected chi connectivity index (χ1v) is 12.4. The molecule has 0 radical (unpaired) electrons. The number of carbonyl (C=O) groups is 1. The Morgan fingerprint density at radius 2 is 1.88 bits per heavy atom. The Balaban J connectivity index is 0.000000968. The molecule has 33 heavy (non-hydrogen) atoms. The Kier molecular flexibility index (Phi) is 8.20. The van der Waals surface area contributed by atoms with Crippen LogP contribution in [0.25, 0.3) is 0 Å². The van der Waals surface area contributed by atoms with Crippen molar-refractivity contribution in [2.75, 3.05) is 24.1 Å². The van der Waals surface area contributed by atoms with Gasteiger partial charge in [0.25, 0.3) is 16.5 Å². The maximum absolute atomic E-state index is 15.0. The third kappa shape index (κ3) is 6.38. The van der Waals surface area contributed by atoms with Crippen molar-refractivity contribution in [3.8, 4) is 0 Å². The van der Waals surface area contributed by atoms with Crippen molar-refractivity contribution in [3.05, 3.63) is 42.1 Å². The molecule has 0 spiro atoms. The van der Waals surface area contributed by atoms with Gasteiger partial charge < -0.3 is 15.3 Å². The van der Waals surface area contributed by atoms with E-state index >= 15 is 4.39 Å². The highest BCUT2D eigenvalue weighted by atomic mass is 32.2. The average molecular weight is 480 g/mol. The number of aromatic nitrogens is 2. The lowest BCUT2D eigenvalue weighted by atomic mass is 9.89. The van der Waals surface area contributed by atoms with Gasteiger partial charge in [-0.1, -0.05) is 12.8 Å². The van der Waals surface area contributed by atoms with Gasteiger partial charge in [0.1, 0.15) is 22.9 Å². The normalized spacial score (nSPS) is 20.5. The summed E-state index contributed by atoms with van der Waals surface area (Å²) in [4.78, 5) is 17.9. The Bertz CT molecular complexity index is 1050. The molecule has 0 unspecified atom stereocenters. The molecule has 1 heterocycles. The molecule has 4 rings (SSSR count). The van der Waals surface area contributed by atoms with E-state index in [0.717, 1.165) is 43.4 Å². The standard InChI is InChI=1S/C21H28FN5O2S.CH2O2/c1-27(2)19-6-4-3-5-17(19)25-18-12-16(22)20(11-15(18)14-7-8-14)30(28,29)26-21-9-10-23-13-24-21;2-1-3/h9-14,17,19,25H,3-8H2,1-2H3,(H,23,24,26);1H,(H,2,3)/t17-,19-;/m0./s1. The number of halogens is 1. The van der Waals surface area contributed by atoms with E-state index in [1.54, 1.807) is 0 Å². The van der Waals surface area contributed by atoms with Crippen LogP contribution in [-0.4, -0.2) is 61.0 Å². The predicted molar refractivity (Wildman–Crippen MR) is 123 cm³/mol. The van der Waals surface area contributed by atoms with Crippen LogP contribution in [-0.2, 0) is 14.8 Å². The molecule has 2 aromatic rings. The summed E-state index contributed by atoms with van der Waals surface area (Å²) >= 11 is 0. The van der Waals surface area contributed by atoms with Crippen LogP contribution in [0.3, 0.4) is 0 Å². The zero-order valence-electron chi connectivity index (χ0n) is 18.7. The highest BCUT2D eigenvalue weighted by Gasteiger charge is 2.33. The van der Waals surface area contributed by atoms with E-state index in [1.165, 1.54) is 37.1 Å². The van der Waals surface area contributed by atoms with Gasteiger partial charge in [-0.15, -0.1) is 0 Å². The van der Waals surface area contributed by atoms with Crippen LogP contribution in [0.2, 0.25) is 0 Å². The van der Waals surface area contributed by atoms with E-state index in [-0.39, 0.29) is 29.1 Å². The lowest BCUT2D eigenvalue weighted by Crippen LogP contribution is -2.45. The molecule has 2 atom stereocenters. The van der Waals surface area contributed by atoms with Crippen LogP contribution < -0.4 is 10.0 Å². The summed E-state index contributed by atoms with van der Waals surface area (Å²) in [6, 6.07) is 4.86. The van der Waals surface area contributed by atoms with E-state index in [0.29, 0.717) is 6.04 Å². The van der Waals surface area contributed by atoms with Gasteiger partial charge >= 0.3 is 0 Å². The minimum Gasteiger partial charge on any atom is -0.483 e. The highest BCUT2D eigenvalue weighted by Crippen LogP contribution is 2.45. The maximum atomic E-state index is 15.0. The summed E-state index contributed by atoms with van der Waals surface area (Å²) in [5, 5.41) is 10.4. The Morgan fingerprint density at radius 3 is 2.48 bits per heavy atom. The van der Waals surface area contributed by atoms with Crippen LogP contribution >= 0.6 is 0 Å². The van der Waals surface area contributed by atoms with Gasteiger partial charge in [-0.2, -0.15) is 0 Å². The fourth-order valence-electron chi connectivity index (χ4n) is 4.27. The van der Waals surface area contributed by atoms with Crippen molar-refractivity contribution in [2.45, 2.75) is 61.4 Å². The average Bonchev–Trinajstić information content (AvgIpc) is 3.60. The Morgan fingerprint density at radius 1 is 1.18 bits per heavy atom. The second-order valence-electron chi connectivity index (χ2n) is 8.52. The van der Waals surface area contributed by atoms with Crippen molar-refractivity contribution >= 4 is 28.0 Å². The number of rotatable bonds is 7. The SMILES string of the molecule is CN(C)[C@H]1CCCC[C@@H]1Nc1cc(F)c(S(=O)(=O)Nc2ccncn2)cc1C1CC1.O=CO. The van der Waals surface area contributed by atoms with E-state index in [2.05, 4.69) is 39.0 Å². The second kappa shape index (κ2) is 10.9. The van der Waals surface area contributed by atoms with E-state index in [9.17, 15) is 8.42 Å². The van der Waals surface area contributed by atoms with Crippen LogP contribution in [0.15, 0.2) is 35.6 Å². The van der Waals surface area contributed by atoms with Crippen LogP contribution in [0, 0.1) is 5.82 Å². The fourth-order valence-corrected chi connectivity index (χ4v) is 5.38. The van der Waals surface area contributed by atoms with Crippen LogP contribution in [0.5, 0.6) is 0 Å². The number of hydrogen-bond acceptors (Lipinski definition) is 7. The van der Waals surface area contributed by atoms with Crippen LogP contribution in [0.4, 0.5) is 15.9 Å². The molecule has 2 aliphatic rings. The number of benzene rings is 1. The van der Waals surface area contributed by atoms with Crippen molar-refractivity contribution in [3.63, 3.8) is 0 Å². The first-order valence-electron chi connectivity index (χ1n) is 10.9. The van der Waals surface area contributed by atoms with E-state index < -0.39 is 15.8 Å². The molecular formula is C22H30FN5O4S. The zero-order chi connectivity index (χ0) is 24.0. The molecule has 1 aromatic carbocycles. The molecule has 1 aromatic heterocycles. The van der Waals surface area contributed by atoms with Gasteiger partial charge in [-0.05, 0) is 69.5 Å². The maximum Gasteiger partial charge on any atom is 0.290 e. The summed E-state index contributed by atoms with van der Waals surface area (Å²) in [5.74, 6) is -0.390. The number of nitrogens with one attached hydrogen (secondary N) is 2. The smallest absolute Gasteiger partial charge is 0.290 e. The lowest BCUT2D eigenvalue weighted by Gasteiger charge is -2.37. The van der Waals surface area contributed by atoms with E-state index in [4.69, 9.17) is 9.90 Å². The van der Waals surface area contributed by atoms with Gasteiger partial charge in [-0.25, -0.2) is 22.8 Å². The molecule has 0 saturated heterocycles. The Labute approximate surface area is 193 Å². The first kappa shape index (κ1) is 24.8. The second-order valence-corrected chi connectivity index (χ2v) is 10.2. The van der Waals surface area contributed by atoms with Crippen molar-refractivity contribution in [2.24, 2.45) is 0 Å². The summed E-state index contributed by atoms with van der Waals surface area (Å²) in [5.41, 5.74) is 1.59. The number of nitrogens with zero attached hydrogens (tertiary/aromatic N) is 3. The van der Waals surface area contributed by atoms with Crippen molar-refractivity contribution < 1.29 is 22.7 Å². The quantitative estimate of drug-likeness (QED) is 0.517. The number of carboxylic acid groups (broad SMARTS) is 1. The molecule has 2 saturated carbocycles. The van der Waals surface area contributed by atoms with Crippen molar-refractivity contribution in [1.29, 1.82) is 0 Å². The summed E-state index contributed by atoms with van der Waals surface area (Å²) in [6.07, 6.45) is 9.08. The van der Waals surface area contributed by atoms with Gasteiger partial charge in [0.2, 0.25) is 0 Å². The molecule has 0 amide bonds. The third-order valence-corrected chi connectivity index (χ3v) is 7.34. The lowest BCUT2D eigenvalue weighted by molar-refractivity contribution is -0.122. The number of anilines is 2. The minimum atomic E-state index is -4.10. The number of sulfonamides is 1.